The first-order valence-corrected chi connectivity index (χ1v) is 7.18. The summed E-state index contributed by atoms with van der Waals surface area (Å²) in [5.74, 6) is -0.479. The molecule has 0 saturated heterocycles. The minimum atomic E-state index is -0.479. The largest absolute Gasteiger partial charge is 0.465 e. The number of benzene rings is 1. The first kappa shape index (κ1) is 18.3. The summed E-state index contributed by atoms with van der Waals surface area (Å²) < 4.78 is 4.73. The molecule has 0 heterocycles. The first-order chi connectivity index (χ1) is 10.3. The van der Waals surface area contributed by atoms with E-state index in [0.717, 1.165) is 5.56 Å². The number of halogens is 2. The van der Waals surface area contributed by atoms with E-state index in [1.807, 2.05) is 0 Å². The quantitative estimate of drug-likeness (QED) is 0.343. The Bertz CT molecular complexity index is 598. The number of esters is 1. The summed E-state index contributed by atoms with van der Waals surface area (Å²) in [6, 6.07) is 5.17. The Kier molecular flexibility index (Phi) is 7.21. The SMILES string of the molecule is COC(=O)C(=CN(C)C)C(C)=NOCc1ccc(Cl)c(Cl)c1. The molecule has 0 N–H and O–H groups in total. The highest BCUT2D eigenvalue weighted by atomic mass is 35.5. The van der Waals surface area contributed by atoms with Crippen LogP contribution >= 0.6 is 23.2 Å². The normalized spacial score (nSPS) is 12.1. The Balaban J connectivity index is 2.78. The monoisotopic (exact) mass is 344 g/mol. The molecule has 1 aromatic carbocycles. The van der Waals surface area contributed by atoms with E-state index in [9.17, 15) is 4.79 Å². The molecular weight excluding hydrogens is 327 g/mol. The van der Waals surface area contributed by atoms with Crippen LogP contribution in [0, 0.1) is 0 Å². The standard InChI is InChI=1S/C15H18Cl2N2O3/c1-10(12(8-19(2)3)15(20)21-4)18-22-9-11-5-6-13(16)14(17)7-11/h5-8H,9H2,1-4H3. The van der Waals surface area contributed by atoms with Gasteiger partial charge in [0.1, 0.15) is 6.61 Å². The van der Waals surface area contributed by atoms with Crippen LogP contribution in [-0.4, -0.2) is 37.8 Å². The van der Waals surface area contributed by atoms with Crippen molar-refractivity contribution in [1.29, 1.82) is 0 Å². The smallest absolute Gasteiger partial charge is 0.341 e. The average Bonchev–Trinajstić information content (AvgIpc) is 2.47. The predicted molar refractivity (Wildman–Crippen MR) is 88.1 cm³/mol. The molecule has 7 heteroatoms. The number of carbonyl (C=O) groups is 1. The molecule has 0 atom stereocenters. The third-order valence-electron chi connectivity index (χ3n) is 2.60. The zero-order valence-electron chi connectivity index (χ0n) is 12.9. The van der Waals surface area contributed by atoms with Crippen molar-refractivity contribution in [3.63, 3.8) is 0 Å². The van der Waals surface area contributed by atoms with E-state index >= 15 is 0 Å². The van der Waals surface area contributed by atoms with E-state index < -0.39 is 5.97 Å². The number of ether oxygens (including phenoxy) is 1. The van der Waals surface area contributed by atoms with Gasteiger partial charge in [-0.1, -0.05) is 34.4 Å². The maximum atomic E-state index is 11.7. The molecule has 0 spiro atoms. The fourth-order valence-corrected chi connectivity index (χ4v) is 1.86. The molecule has 5 nitrogen and oxygen atoms in total. The lowest BCUT2D eigenvalue weighted by Crippen LogP contribution is -2.16. The molecule has 1 aromatic rings. The Morgan fingerprint density at radius 1 is 1.32 bits per heavy atom. The number of nitrogens with zero attached hydrogens (tertiary/aromatic N) is 2. The van der Waals surface area contributed by atoms with Crippen LogP contribution in [0.25, 0.3) is 0 Å². The van der Waals surface area contributed by atoms with Crippen molar-refractivity contribution < 1.29 is 14.4 Å². The molecule has 0 saturated carbocycles. The topological polar surface area (TPSA) is 51.1 Å². The van der Waals surface area contributed by atoms with Gasteiger partial charge >= 0.3 is 5.97 Å². The number of methoxy groups -OCH3 is 1. The highest BCUT2D eigenvalue weighted by Crippen LogP contribution is 2.22. The molecule has 0 fully saturated rings. The molecule has 1 rings (SSSR count). The van der Waals surface area contributed by atoms with Crippen molar-refractivity contribution >= 4 is 34.9 Å². The van der Waals surface area contributed by atoms with Crippen molar-refractivity contribution in [3.8, 4) is 0 Å². The van der Waals surface area contributed by atoms with Gasteiger partial charge in [0.25, 0.3) is 0 Å². The third-order valence-corrected chi connectivity index (χ3v) is 3.34. The lowest BCUT2D eigenvalue weighted by Gasteiger charge is -2.10. The average molecular weight is 345 g/mol. The van der Waals surface area contributed by atoms with Gasteiger partial charge in [-0.05, 0) is 24.6 Å². The van der Waals surface area contributed by atoms with Crippen molar-refractivity contribution in [2.75, 3.05) is 21.2 Å². The van der Waals surface area contributed by atoms with Gasteiger partial charge in [-0.25, -0.2) is 4.79 Å². The fourth-order valence-electron chi connectivity index (χ4n) is 1.54. The lowest BCUT2D eigenvalue weighted by molar-refractivity contribution is -0.135. The van der Waals surface area contributed by atoms with Crippen LogP contribution in [0.1, 0.15) is 12.5 Å². The molecule has 0 aliphatic carbocycles. The fraction of sp³-hybridized carbons (Fsp3) is 0.333. The van der Waals surface area contributed by atoms with Gasteiger partial charge in [0, 0.05) is 20.3 Å². The molecule has 0 bridgehead atoms. The van der Waals surface area contributed by atoms with Crippen molar-refractivity contribution in [1.82, 2.24) is 4.90 Å². The second-order valence-electron chi connectivity index (χ2n) is 4.70. The maximum Gasteiger partial charge on any atom is 0.341 e. The van der Waals surface area contributed by atoms with E-state index in [1.54, 1.807) is 50.3 Å². The van der Waals surface area contributed by atoms with E-state index in [0.29, 0.717) is 21.3 Å². The van der Waals surface area contributed by atoms with E-state index in [4.69, 9.17) is 32.8 Å². The van der Waals surface area contributed by atoms with Gasteiger partial charge in [0.2, 0.25) is 0 Å². The molecule has 120 valence electrons. The Morgan fingerprint density at radius 2 is 2.00 bits per heavy atom. The van der Waals surface area contributed by atoms with E-state index in [-0.39, 0.29) is 6.61 Å². The summed E-state index contributed by atoms with van der Waals surface area (Å²) in [5, 5.41) is 4.87. The van der Waals surface area contributed by atoms with Crippen LogP contribution < -0.4 is 0 Å². The summed E-state index contributed by atoms with van der Waals surface area (Å²) in [5.41, 5.74) is 1.56. The zero-order chi connectivity index (χ0) is 16.7. The molecule has 0 aromatic heterocycles. The van der Waals surface area contributed by atoms with Gasteiger partial charge in [-0.15, -0.1) is 0 Å². The minimum absolute atomic E-state index is 0.213. The van der Waals surface area contributed by atoms with Crippen LogP contribution in [0.5, 0.6) is 0 Å². The highest BCUT2D eigenvalue weighted by molar-refractivity contribution is 6.42. The molecule has 0 amide bonds. The molecular formula is C15H18Cl2N2O3. The van der Waals surface area contributed by atoms with E-state index in [2.05, 4.69) is 5.16 Å². The van der Waals surface area contributed by atoms with Crippen LogP contribution in [0.3, 0.4) is 0 Å². The number of hydrogen-bond acceptors (Lipinski definition) is 5. The van der Waals surface area contributed by atoms with Gasteiger partial charge in [-0.3, -0.25) is 0 Å². The zero-order valence-corrected chi connectivity index (χ0v) is 14.4. The van der Waals surface area contributed by atoms with Crippen molar-refractivity contribution in [2.45, 2.75) is 13.5 Å². The number of carbonyl (C=O) groups excluding carboxylic acids is 1. The summed E-state index contributed by atoms with van der Waals surface area (Å²) >= 11 is 11.8. The summed E-state index contributed by atoms with van der Waals surface area (Å²) in [6.45, 7) is 1.88. The summed E-state index contributed by atoms with van der Waals surface area (Å²) in [7, 11) is 4.91. The molecule has 0 aliphatic rings. The van der Waals surface area contributed by atoms with Gasteiger partial charge in [0.05, 0.1) is 28.4 Å². The predicted octanol–water partition coefficient (Wildman–Crippen LogP) is 3.50. The number of hydrogen-bond donors (Lipinski definition) is 0. The van der Waals surface area contributed by atoms with Crippen LogP contribution in [0.15, 0.2) is 35.1 Å². The van der Waals surface area contributed by atoms with Gasteiger partial charge in [-0.2, -0.15) is 0 Å². The second-order valence-corrected chi connectivity index (χ2v) is 5.51. The molecule has 0 radical (unpaired) electrons. The molecule has 0 aliphatic heterocycles. The van der Waals surface area contributed by atoms with Crippen molar-refractivity contribution in [3.05, 3.63) is 45.6 Å². The van der Waals surface area contributed by atoms with Crippen LogP contribution in [0.2, 0.25) is 10.0 Å². The number of oxime groups is 1. The van der Waals surface area contributed by atoms with Crippen LogP contribution in [0.4, 0.5) is 0 Å². The van der Waals surface area contributed by atoms with Gasteiger partial charge in [0.15, 0.2) is 0 Å². The highest BCUT2D eigenvalue weighted by Gasteiger charge is 2.14. The van der Waals surface area contributed by atoms with E-state index in [1.165, 1.54) is 7.11 Å². The molecule has 0 unspecified atom stereocenters. The summed E-state index contributed by atoms with van der Waals surface area (Å²) in [6.07, 6.45) is 1.62. The third kappa shape index (κ3) is 5.58. The van der Waals surface area contributed by atoms with Crippen molar-refractivity contribution in [2.24, 2.45) is 5.16 Å². The summed E-state index contributed by atoms with van der Waals surface area (Å²) in [4.78, 5) is 18.7. The Morgan fingerprint density at radius 3 is 2.55 bits per heavy atom. The Labute approximate surface area is 140 Å². The van der Waals surface area contributed by atoms with Crippen LogP contribution in [-0.2, 0) is 21.0 Å². The van der Waals surface area contributed by atoms with Gasteiger partial charge < -0.3 is 14.5 Å². The molecule has 22 heavy (non-hydrogen) atoms. The first-order valence-electron chi connectivity index (χ1n) is 6.42. The maximum absolute atomic E-state index is 11.7. The Hall–Kier alpha value is -1.72. The second kappa shape index (κ2) is 8.66. The minimum Gasteiger partial charge on any atom is -0.465 e. The number of rotatable bonds is 6. The lowest BCUT2D eigenvalue weighted by atomic mass is 10.2.